The summed E-state index contributed by atoms with van der Waals surface area (Å²) in [5.41, 5.74) is 0.981. The molecule has 1 fully saturated rings. The molecule has 0 N–H and O–H groups in total. The summed E-state index contributed by atoms with van der Waals surface area (Å²) >= 11 is 0. The average Bonchev–Trinajstić information content (AvgIpc) is 3.13. The van der Waals surface area contributed by atoms with Crippen LogP contribution in [0.4, 0.5) is 0 Å². The summed E-state index contributed by atoms with van der Waals surface area (Å²) in [7, 11) is -3.65. The number of rotatable bonds is 6. The summed E-state index contributed by atoms with van der Waals surface area (Å²) in [6.45, 7) is 6.98. The zero-order valence-corrected chi connectivity index (χ0v) is 12.4. The van der Waals surface area contributed by atoms with Gasteiger partial charge in [0.25, 0.3) is 10.1 Å². The third kappa shape index (κ3) is 3.78. The van der Waals surface area contributed by atoms with E-state index in [2.05, 4.69) is 13.8 Å². The number of hydrogen-bond donors (Lipinski definition) is 0. The van der Waals surface area contributed by atoms with Crippen LogP contribution in [0.5, 0.6) is 0 Å². The maximum atomic E-state index is 12.0. The maximum absolute atomic E-state index is 12.0. The Kier molecular flexibility index (Phi) is 3.99. The van der Waals surface area contributed by atoms with Crippen LogP contribution in [0.25, 0.3) is 0 Å². The lowest BCUT2D eigenvalue weighted by Gasteiger charge is -2.21. The van der Waals surface area contributed by atoms with Crippen LogP contribution >= 0.6 is 0 Å². The SMILES string of the molecule is Cc1ccc(S(=O)(=O)OCCC(C)(C)C2CO2)cc1. The van der Waals surface area contributed by atoms with Crippen LogP contribution < -0.4 is 0 Å². The van der Waals surface area contributed by atoms with Gasteiger partial charge in [-0.3, -0.25) is 4.18 Å². The Morgan fingerprint density at radius 1 is 1.32 bits per heavy atom. The molecule has 0 saturated carbocycles. The summed E-state index contributed by atoms with van der Waals surface area (Å²) in [4.78, 5) is 0.207. The molecule has 0 radical (unpaired) electrons. The van der Waals surface area contributed by atoms with Gasteiger partial charge in [0, 0.05) is 0 Å². The first kappa shape index (κ1) is 14.5. The molecule has 4 nitrogen and oxygen atoms in total. The minimum atomic E-state index is -3.65. The molecule has 0 bridgehead atoms. The van der Waals surface area contributed by atoms with Crippen molar-refractivity contribution < 1.29 is 17.3 Å². The molecule has 1 unspecified atom stereocenters. The van der Waals surface area contributed by atoms with E-state index in [4.69, 9.17) is 8.92 Å². The second-order valence-electron chi connectivity index (χ2n) is 5.65. The Morgan fingerprint density at radius 2 is 1.89 bits per heavy atom. The summed E-state index contributed by atoms with van der Waals surface area (Å²) < 4.78 is 34.3. The first-order valence-electron chi connectivity index (χ1n) is 6.39. The summed E-state index contributed by atoms with van der Waals surface area (Å²) in [5, 5.41) is 0. The zero-order valence-electron chi connectivity index (χ0n) is 11.5. The molecule has 0 aliphatic carbocycles. The van der Waals surface area contributed by atoms with Gasteiger partial charge in [0.05, 0.1) is 24.2 Å². The van der Waals surface area contributed by atoms with E-state index in [0.717, 1.165) is 12.2 Å². The fourth-order valence-corrected chi connectivity index (χ4v) is 2.76. The number of hydrogen-bond acceptors (Lipinski definition) is 4. The van der Waals surface area contributed by atoms with Gasteiger partial charge in [0.2, 0.25) is 0 Å². The first-order valence-corrected chi connectivity index (χ1v) is 7.80. The van der Waals surface area contributed by atoms with Crippen LogP contribution in [0.15, 0.2) is 29.2 Å². The molecule has 1 aliphatic heterocycles. The first-order chi connectivity index (χ1) is 8.81. The van der Waals surface area contributed by atoms with Gasteiger partial charge in [-0.2, -0.15) is 8.42 Å². The molecular formula is C14H20O4S. The highest BCUT2D eigenvalue weighted by atomic mass is 32.2. The Balaban J connectivity index is 1.92. The second kappa shape index (κ2) is 5.23. The van der Waals surface area contributed by atoms with E-state index < -0.39 is 10.1 Å². The van der Waals surface area contributed by atoms with Crippen molar-refractivity contribution in [2.24, 2.45) is 5.41 Å². The van der Waals surface area contributed by atoms with Gasteiger partial charge in [0.1, 0.15) is 0 Å². The molecule has 1 aliphatic rings. The lowest BCUT2D eigenvalue weighted by atomic mass is 9.86. The minimum Gasteiger partial charge on any atom is -0.373 e. The van der Waals surface area contributed by atoms with Crippen molar-refractivity contribution in [2.75, 3.05) is 13.2 Å². The second-order valence-corrected chi connectivity index (χ2v) is 7.27. The van der Waals surface area contributed by atoms with Crippen LogP contribution in [-0.4, -0.2) is 27.7 Å². The molecule has 19 heavy (non-hydrogen) atoms. The van der Waals surface area contributed by atoms with Gasteiger partial charge in [-0.05, 0) is 30.9 Å². The lowest BCUT2D eigenvalue weighted by molar-refractivity contribution is 0.184. The molecule has 1 heterocycles. The molecule has 1 atom stereocenters. The minimum absolute atomic E-state index is 0.0389. The van der Waals surface area contributed by atoms with Gasteiger partial charge in [-0.25, -0.2) is 0 Å². The molecule has 1 aromatic rings. The number of epoxide rings is 1. The molecule has 0 amide bonds. The van der Waals surface area contributed by atoms with Crippen molar-refractivity contribution in [1.82, 2.24) is 0 Å². The van der Waals surface area contributed by atoms with Gasteiger partial charge < -0.3 is 4.74 Å². The fourth-order valence-electron chi connectivity index (χ4n) is 1.85. The van der Waals surface area contributed by atoms with Crippen LogP contribution in [0.3, 0.4) is 0 Å². The van der Waals surface area contributed by atoms with Crippen LogP contribution in [-0.2, 0) is 19.0 Å². The Labute approximate surface area is 114 Å². The molecule has 0 aromatic heterocycles. The molecular weight excluding hydrogens is 264 g/mol. The molecule has 0 spiro atoms. The molecule has 1 saturated heterocycles. The van der Waals surface area contributed by atoms with Crippen molar-refractivity contribution in [3.8, 4) is 0 Å². The average molecular weight is 284 g/mol. The molecule has 2 rings (SSSR count). The van der Waals surface area contributed by atoms with Crippen molar-refractivity contribution in [2.45, 2.75) is 38.2 Å². The topological polar surface area (TPSA) is 55.9 Å². The normalized spacial score (nSPS) is 19.4. The van der Waals surface area contributed by atoms with E-state index in [1.54, 1.807) is 24.3 Å². The smallest absolute Gasteiger partial charge is 0.296 e. The summed E-state index contributed by atoms with van der Waals surface area (Å²) in [6.07, 6.45) is 0.890. The van der Waals surface area contributed by atoms with Crippen molar-refractivity contribution in [1.29, 1.82) is 0 Å². The zero-order chi connectivity index (χ0) is 14.1. The standard InChI is InChI=1S/C14H20O4S/c1-11-4-6-12(7-5-11)19(15,16)18-9-8-14(2,3)13-10-17-13/h4-7,13H,8-10H2,1-3H3. The van der Waals surface area contributed by atoms with Crippen molar-refractivity contribution >= 4 is 10.1 Å². The predicted molar refractivity (Wildman–Crippen MR) is 72.5 cm³/mol. The summed E-state index contributed by atoms with van der Waals surface area (Å²) in [6, 6.07) is 6.66. The van der Waals surface area contributed by atoms with E-state index in [-0.39, 0.29) is 23.0 Å². The largest absolute Gasteiger partial charge is 0.373 e. The Hall–Kier alpha value is -0.910. The van der Waals surface area contributed by atoms with E-state index in [1.807, 2.05) is 6.92 Å². The third-order valence-corrected chi connectivity index (χ3v) is 4.83. The lowest BCUT2D eigenvalue weighted by Crippen LogP contribution is -2.22. The monoisotopic (exact) mass is 284 g/mol. The maximum Gasteiger partial charge on any atom is 0.296 e. The predicted octanol–water partition coefficient (Wildman–Crippen LogP) is 2.52. The quantitative estimate of drug-likeness (QED) is 0.595. The van der Waals surface area contributed by atoms with E-state index in [1.165, 1.54) is 0 Å². The summed E-state index contributed by atoms with van der Waals surface area (Å²) in [5.74, 6) is 0. The number of aryl methyl sites for hydroxylation is 1. The van der Waals surface area contributed by atoms with Crippen molar-refractivity contribution in [3.63, 3.8) is 0 Å². The van der Waals surface area contributed by atoms with Gasteiger partial charge >= 0.3 is 0 Å². The van der Waals surface area contributed by atoms with Crippen LogP contribution in [0.1, 0.15) is 25.8 Å². The van der Waals surface area contributed by atoms with Crippen LogP contribution in [0.2, 0.25) is 0 Å². The van der Waals surface area contributed by atoms with Crippen LogP contribution in [0, 0.1) is 12.3 Å². The highest BCUT2D eigenvalue weighted by Gasteiger charge is 2.39. The Morgan fingerprint density at radius 3 is 2.42 bits per heavy atom. The van der Waals surface area contributed by atoms with E-state index >= 15 is 0 Å². The third-order valence-electron chi connectivity index (χ3n) is 3.50. The molecule has 5 heteroatoms. The van der Waals surface area contributed by atoms with E-state index in [9.17, 15) is 8.42 Å². The van der Waals surface area contributed by atoms with E-state index in [0.29, 0.717) is 6.42 Å². The van der Waals surface area contributed by atoms with Gasteiger partial charge in [-0.15, -0.1) is 0 Å². The fraction of sp³-hybridized carbons (Fsp3) is 0.571. The molecule has 106 valence electrons. The van der Waals surface area contributed by atoms with Gasteiger partial charge in [-0.1, -0.05) is 31.5 Å². The van der Waals surface area contributed by atoms with Crippen molar-refractivity contribution in [3.05, 3.63) is 29.8 Å². The highest BCUT2D eigenvalue weighted by Crippen LogP contribution is 2.35. The Bertz CT molecular complexity index is 527. The number of benzene rings is 1. The molecule has 1 aromatic carbocycles. The number of ether oxygens (including phenoxy) is 1. The van der Waals surface area contributed by atoms with Gasteiger partial charge in [0.15, 0.2) is 0 Å². The highest BCUT2D eigenvalue weighted by molar-refractivity contribution is 7.86.